The molecule has 0 aliphatic carbocycles. The minimum atomic E-state index is -0.558. The molecule has 0 saturated carbocycles. The maximum absolute atomic E-state index is 12.8. The SMILES string of the molecule is O=C(Oc1cccc(OC(=O)c2ccc(-c3nc4ccccc4o3)cc2)c1)c1ccc(-c2nc3ccccc3o2)cc1. The van der Waals surface area contributed by atoms with Crippen molar-refractivity contribution in [1.29, 1.82) is 0 Å². The maximum atomic E-state index is 12.8. The van der Waals surface area contributed by atoms with Gasteiger partial charge in [-0.05, 0) is 84.9 Å². The Bertz CT molecular complexity index is 1860. The van der Waals surface area contributed by atoms with Crippen molar-refractivity contribution in [3.8, 4) is 34.4 Å². The number of rotatable bonds is 6. The molecule has 0 N–H and O–H groups in total. The average Bonchev–Trinajstić information content (AvgIpc) is 3.66. The average molecular weight is 553 g/mol. The lowest BCUT2D eigenvalue weighted by Crippen LogP contribution is -2.10. The third-order valence-corrected chi connectivity index (χ3v) is 6.55. The van der Waals surface area contributed by atoms with Crippen LogP contribution in [0.2, 0.25) is 0 Å². The normalized spacial score (nSPS) is 11.0. The number of benzene rings is 5. The molecule has 8 heteroatoms. The minimum absolute atomic E-state index is 0.236. The number of nitrogens with zero attached hydrogens (tertiary/aromatic N) is 2. The summed E-state index contributed by atoms with van der Waals surface area (Å²) in [6, 6.07) is 34.9. The predicted molar refractivity (Wildman–Crippen MR) is 155 cm³/mol. The van der Waals surface area contributed by atoms with E-state index in [2.05, 4.69) is 9.97 Å². The first-order valence-electron chi connectivity index (χ1n) is 13.1. The maximum Gasteiger partial charge on any atom is 0.343 e. The molecule has 0 aliphatic rings. The lowest BCUT2D eigenvalue weighted by atomic mass is 10.1. The van der Waals surface area contributed by atoms with Gasteiger partial charge in [-0.1, -0.05) is 30.3 Å². The minimum Gasteiger partial charge on any atom is -0.436 e. The second kappa shape index (κ2) is 10.5. The van der Waals surface area contributed by atoms with Crippen LogP contribution in [0, 0.1) is 0 Å². The molecule has 0 unspecified atom stereocenters. The van der Waals surface area contributed by atoms with Gasteiger partial charge in [0.1, 0.15) is 22.5 Å². The van der Waals surface area contributed by atoms with Crippen molar-refractivity contribution >= 4 is 34.1 Å². The molecule has 2 heterocycles. The van der Waals surface area contributed by atoms with Crippen molar-refractivity contribution in [2.24, 2.45) is 0 Å². The van der Waals surface area contributed by atoms with Crippen molar-refractivity contribution in [2.45, 2.75) is 0 Å². The molecule has 0 saturated heterocycles. The standard InChI is InChI=1S/C34H20N2O6/c37-33(23-16-12-21(13-17-23)31-35-27-8-1-3-10-29(27)41-31)39-25-6-5-7-26(20-25)40-34(38)24-18-14-22(15-19-24)32-36-28-9-2-4-11-30(28)42-32/h1-20H. The summed E-state index contributed by atoms with van der Waals surface area (Å²) in [4.78, 5) is 34.5. The van der Waals surface area contributed by atoms with E-state index in [0.29, 0.717) is 34.1 Å². The summed E-state index contributed by atoms with van der Waals surface area (Å²) >= 11 is 0. The smallest absolute Gasteiger partial charge is 0.343 e. The monoisotopic (exact) mass is 552 g/mol. The molecule has 7 aromatic rings. The Morgan fingerprint density at radius 2 is 0.929 bits per heavy atom. The predicted octanol–water partition coefficient (Wildman–Crippen LogP) is 7.74. The molecule has 7 rings (SSSR count). The summed E-state index contributed by atoms with van der Waals surface area (Å²) < 4.78 is 22.6. The van der Waals surface area contributed by atoms with Crippen LogP contribution in [0.3, 0.4) is 0 Å². The second-order valence-corrected chi connectivity index (χ2v) is 9.38. The first-order valence-corrected chi connectivity index (χ1v) is 13.1. The lowest BCUT2D eigenvalue weighted by Gasteiger charge is -2.08. The van der Waals surface area contributed by atoms with Gasteiger partial charge in [0, 0.05) is 17.2 Å². The van der Waals surface area contributed by atoms with Gasteiger partial charge in [-0.15, -0.1) is 0 Å². The van der Waals surface area contributed by atoms with E-state index in [9.17, 15) is 9.59 Å². The lowest BCUT2D eigenvalue weighted by molar-refractivity contribution is 0.0733. The van der Waals surface area contributed by atoms with E-state index in [1.54, 1.807) is 66.7 Å². The number of ether oxygens (including phenoxy) is 2. The molecule has 0 spiro atoms. The number of carbonyl (C=O) groups is 2. The van der Waals surface area contributed by atoms with E-state index in [4.69, 9.17) is 18.3 Å². The van der Waals surface area contributed by atoms with Gasteiger partial charge in [-0.25, -0.2) is 19.6 Å². The molecular formula is C34H20N2O6. The number of esters is 2. The van der Waals surface area contributed by atoms with Crippen LogP contribution in [0.4, 0.5) is 0 Å². The first-order chi connectivity index (χ1) is 20.6. The third kappa shape index (κ3) is 5.00. The zero-order chi connectivity index (χ0) is 28.5. The van der Waals surface area contributed by atoms with E-state index in [-0.39, 0.29) is 11.5 Å². The molecule has 0 aliphatic heterocycles. The topological polar surface area (TPSA) is 105 Å². The van der Waals surface area contributed by atoms with Crippen molar-refractivity contribution in [3.05, 3.63) is 132 Å². The van der Waals surface area contributed by atoms with Crippen LogP contribution in [0.1, 0.15) is 20.7 Å². The Hall–Kier alpha value is -6.02. The molecular weight excluding hydrogens is 532 g/mol. The fraction of sp³-hybridized carbons (Fsp3) is 0. The highest BCUT2D eigenvalue weighted by atomic mass is 16.5. The number of hydrogen-bond acceptors (Lipinski definition) is 8. The van der Waals surface area contributed by atoms with Gasteiger partial charge in [0.25, 0.3) is 0 Å². The van der Waals surface area contributed by atoms with Gasteiger partial charge >= 0.3 is 11.9 Å². The zero-order valence-electron chi connectivity index (χ0n) is 21.9. The van der Waals surface area contributed by atoms with Gasteiger partial charge in [-0.3, -0.25) is 0 Å². The molecule has 0 atom stereocenters. The van der Waals surface area contributed by atoms with Crippen LogP contribution in [0.25, 0.3) is 45.1 Å². The van der Waals surface area contributed by atoms with Crippen LogP contribution < -0.4 is 9.47 Å². The Kier molecular flexibility index (Phi) is 6.25. The van der Waals surface area contributed by atoms with Crippen molar-refractivity contribution < 1.29 is 27.9 Å². The Morgan fingerprint density at radius 3 is 1.36 bits per heavy atom. The van der Waals surface area contributed by atoms with Gasteiger partial charge in [0.05, 0.1) is 11.1 Å². The number of fused-ring (bicyclic) bond motifs is 2. The summed E-state index contributed by atoms with van der Waals surface area (Å²) in [6.07, 6.45) is 0. The number of aromatic nitrogens is 2. The van der Waals surface area contributed by atoms with Gasteiger partial charge in [-0.2, -0.15) is 0 Å². The molecule has 42 heavy (non-hydrogen) atoms. The number of hydrogen-bond donors (Lipinski definition) is 0. The fourth-order valence-corrected chi connectivity index (χ4v) is 4.42. The molecule has 5 aromatic carbocycles. The Balaban J connectivity index is 1.00. The molecule has 2 aromatic heterocycles. The summed E-state index contributed by atoms with van der Waals surface area (Å²) in [6.45, 7) is 0. The summed E-state index contributed by atoms with van der Waals surface area (Å²) in [5.74, 6) is 0.284. The highest BCUT2D eigenvalue weighted by Crippen LogP contribution is 2.27. The molecule has 0 radical (unpaired) electrons. The van der Waals surface area contributed by atoms with Crippen molar-refractivity contribution in [2.75, 3.05) is 0 Å². The van der Waals surface area contributed by atoms with Crippen LogP contribution >= 0.6 is 0 Å². The Labute approximate surface area is 238 Å². The van der Waals surface area contributed by atoms with Crippen molar-refractivity contribution in [3.63, 3.8) is 0 Å². The molecule has 0 bridgehead atoms. The number of oxazole rings is 2. The Morgan fingerprint density at radius 1 is 0.500 bits per heavy atom. The third-order valence-electron chi connectivity index (χ3n) is 6.55. The number of carbonyl (C=O) groups excluding carboxylic acids is 2. The number of para-hydroxylation sites is 4. The summed E-state index contributed by atoms with van der Waals surface area (Å²) in [5.41, 5.74) is 5.05. The van der Waals surface area contributed by atoms with E-state index >= 15 is 0 Å². The van der Waals surface area contributed by atoms with E-state index in [1.165, 1.54) is 6.07 Å². The first kappa shape index (κ1) is 25.0. The molecule has 0 fully saturated rings. The van der Waals surface area contributed by atoms with E-state index in [0.717, 1.165) is 22.2 Å². The van der Waals surface area contributed by atoms with Crippen molar-refractivity contribution in [1.82, 2.24) is 9.97 Å². The molecule has 202 valence electrons. The highest BCUT2D eigenvalue weighted by Gasteiger charge is 2.15. The zero-order valence-corrected chi connectivity index (χ0v) is 21.9. The fourth-order valence-electron chi connectivity index (χ4n) is 4.42. The quantitative estimate of drug-likeness (QED) is 0.152. The van der Waals surface area contributed by atoms with Crippen LogP contribution in [0.15, 0.2) is 130 Å². The molecule has 8 nitrogen and oxygen atoms in total. The van der Waals surface area contributed by atoms with Crippen LogP contribution in [-0.4, -0.2) is 21.9 Å². The summed E-state index contributed by atoms with van der Waals surface area (Å²) in [7, 11) is 0. The van der Waals surface area contributed by atoms with Crippen LogP contribution in [0.5, 0.6) is 11.5 Å². The van der Waals surface area contributed by atoms with E-state index < -0.39 is 11.9 Å². The summed E-state index contributed by atoms with van der Waals surface area (Å²) in [5, 5.41) is 0. The molecule has 0 amide bonds. The van der Waals surface area contributed by atoms with Gasteiger partial charge < -0.3 is 18.3 Å². The largest absolute Gasteiger partial charge is 0.436 e. The van der Waals surface area contributed by atoms with Gasteiger partial charge in [0.15, 0.2) is 11.2 Å². The van der Waals surface area contributed by atoms with E-state index in [1.807, 2.05) is 48.5 Å². The second-order valence-electron chi connectivity index (χ2n) is 9.38. The highest BCUT2D eigenvalue weighted by molar-refractivity contribution is 5.93. The van der Waals surface area contributed by atoms with Crippen LogP contribution in [-0.2, 0) is 0 Å². The van der Waals surface area contributed by atoms with Gasteiger partial charge in [0.2, 0.25) is 11.8 Å².